The molecule has 2 aromatic heterocycles. The van der Waals surface area contributed by atoms with E-state index >= 15 is 0 Å². The summed E-state index contributed by atoms with van der Waals surface area (Å²) < 4.78 is 0. The first-order chi connectivity index (χ1) is 7.66. The molecule has 6 nitrogen and oxygen atoms in total. The molecule has 0 aliphatic carbocycles. The molecular weight excluding hydrogens is 208 g/mol. The highest BCUT2D eigenvalue weighted by Crippen LogP contribution is 2.18. The number of pyridine rings is 1. The maximum Gasteiger partial charge on any atom is 0.277 e. The highest BCUT2D eigenvalue weighted by atomic mass is 16.3. The number of amides is 1. The number of carbonyl (C=O) groups is 1. The van der Waals surface area contributed by atoms with Crippen molar-refractivity contribution in [2.24, 2.45) is 0 Å². The van der Waals surface area contributed by atoms with Crippen LogP contribution < -0.4 is 5.32 Å². The zero-order valence-corrected chi connectivity index (χ0v) is 8.56. The molecule has 0 aliphatic heterocycles. The van der Waals surface area contributed by atoms with Crippen molar-refractivity contribution in [3.8, 4) is 5.75 Å². The van der Waals surface area contributed by atoms with Gasteiger partial charge in [0.05, 0.1) is 0 Å². The third kappa shape index (κ3) is 2.00. The molecule has 0 saturated heterocycles. The van der Waals surface area contributed by atoms with E-state index in [9.17, 15) is 9.90 Å². The van der Waals surface area contributed by atoms with E-state index in [4.69, 9.17) is 0 Å². The van der Waals surface area contributed by atoms with Crippen LogP contribution in [0.3, 0.4) is 0 Å². The molecule has 0 bridgehead atoms. The summed E-state index contributed by atoms with van der Waals surface area (Å²) >= 11 is 0. The number of aromatic nitrogens is 3. The topological polar surface area (TPSA) is 90.9 Å². The number of nitrogens with one attached hydrogen (secondary N) is 2. The third-order valence-corrected chi connectivity index (χ3v) is 1.96. The van der Waals surface area contributed by atoms with E-state index in [2.05, 4.69) is 20.5 Å². The molecule has 0 saturated carbocycles. The van der Waals surface area contributed by atoms with Crippen LogP contribution in [0.4, 0.5) is 5.82 Å². The molecule has 16 heavy (non-hydrogen) atoms. The first-order valence-corrected chi connectivity index (χ1v) is 4.64. The van der Waals surface area contributed by atoms with E-state index in [0.717, 1.165) is 5.69 Å². The van der Waals surface area contributed by atoms with Gasteiger partial charge in [0.25, 0.3) is 5.91 Å². The Labute approximate surface area is 91.3 Å². The first-order valence-electron chi connectivity index (χ1n) is 4.64. The number of aromatic amines is 1. The number of anilines is 1. The molecular formula is C10H10N4O2. The standard InChI is InChI=1S/C10H10N4O2/c1-6-5-7(14-13-6)10(16)12-9-8(15)3-2-4-11-9/h2-5,15H,1H3,(H,13,14)(H,11,12,16). The van der Waals surface area contributed by atoms with Crippen LogP contribution >= 0.6 is 0 Å². The molecule has 0 atom stereocenters. The van der Waals surface area contributed by atoms with Crippen LogP contribution in [-0.2, 0) is 0 Å². The van der Waals surface area contributed by atoms with Crippen LogP contribution in [0.15, 0.2) is 24.4 Å². The fraction of sp³-hybridized carbons (Fsp3) is 0.100. The number of aromatic hydroxyl groups is 1. The molecule has 2 aromatic rings. The Morgan fingerprint density at radius 3 is 3.00 bits per heavy atom. The minimum absolute atomic E-state index is 0.0805. The second-order valence-electron chi connectivity index (χ2n) is 3.26. The summed E-state index contributed by atoms with van der Waals surface area (Å²) in [5, 5.41) is 18.3. The van der Waals surface area contributed by atoms with Crippen molar-refractivity contribution in [1.29, 1.82) is 0 Å². The van der Waals surface area contributed by atoms with Gasteiger partial charge in [-0.25, -0.2) is 4.98 Å². The van der Waals surface area contributed by atoms with E-state index in [1.54, 1.807) is 19.1 Å². The summed E-state index contributed by atoms with van der Waals surface area (Å²) in [6, 6.07) is 4.62. The summed E-state index contributed by atoms with van der Waals surface area (Å²) in [6.45, 7) is 1.79. The molecule has 0 spiro atoms. The molecule has 6 heteroatoms. The van der Waals surface area contributed by atoms with Crippen molar-refractivity contribution in [3.63, 3.8) is 0 Å². The molecule has 3 N–H and O–H groups in total. The highest BCUT2D eigenvalue weighted by molar-refractivity contribution is 6.02. The minimum Gasteiger partial charge on any atom is -0.504 e. The van der Waals surface area contributed by atoms with Gasteiger partial charge < -0.3 is 10.4 Å². The molecule has 0 aliphatic rings. The number of rotatable bonds is 2. The minimum atomic E-state index is -0.418. The second-order valence-corrected chi connectivity index (χ2v) is 3.26. The average Bonchev–Trinajstić information content (AvgIpc) is 2.68. The Balaban J connectivity index is 2.17. The van der Waals surface area contributed by atoms with Crippen LogP contribution in [0, 0.1) is 6.92 Å². The predicted molar refractivity (Wildman–Crippen MR) is 57.2 cm³/mol. The largest absolute Gasteiger partial charge is 0.504 e. The van der Waals surface area contributed by atoms with Crippen LogP contribution in [0.1, 0.15) is 16.2 Å². The lowest BCUT2D eigenvalue weighted by Gasteiger charge is -2.03. The fourth-order valence-electron chi connectivity index (χ4n) is 1.20. The van der Waals surface area contributed by atoms with E-state index in [-0.39, 0.29) is 17.3 Å². The van der Waals surface area contributed by atoms with Gasteiger partial charge in [-0.1, -0.05) is 0 Å². The third-order valence-electron chi connectivity index (χ3n) is 1.96. The summed E-state index contributed by atoms with van der Waals surface area (Å²) in [5.41, 5.74) is 1.04. The number of carbonyl (C=O) groups excluding carboxylic acids is 1. The van der Waals surface area contributed by atoms with Gasteiger partial charge in [0.15, 0.2) is 17.3 Å². The summed E-state index contributed by atoms with van der Waals surface area (Å²) in [7, 11) is 0. The molecule has 0 fully saturated rings. The monoisotopic (exact) mass is 218 g/mol. The van der Waals surface area contributed by atoms with Gasteiger partial charge in [-0.05, 0) is 25.1 Å². The lowest BCUT2D eigenvalue weighted by Crippen LogP contribution is -2.13. The van der Waals surface area contributed by atoms with Crippen molar-refractivity contribution in [2.45, 2.75) is 6.92 Å². The molecule has 0 radical (unpaired) electrons. The van der Waals surface area contributed by atoms with Crippen LogP contribution in [0.5, 0.6) is 5.75 Å². The quantitative estimate of drug-likeness (QED) is 0.703. The summed E-state index contributed by atoms with van der Waals surface area (Å²) in [4.78, 5) is 15.5. The summed E-state index contributed by atoms with van der Waals surface area (Å²) in [6.07, 6.45) is 1.48. The van der Waals surface area contributed by atoms with Crippen molar-refractivity contribution in [2.75, 3.05) is 5.32 Å². The smallest absolute Gasteiger partial charge is 0.277 e. The molecule has 0 aromatic carbocycles. The van der Waals surface area contributed by atoms with Gasteiger partial charge >= 0.3 is 0 Å². The van der Waals surface area contributed by atoms with Gasteiger partial charge in [-0.15, -0.1) is 0 Å². The van der Waals surface area contributed by atoms with Gasteiger partial charge in [0.2, 0.25) is 0 Å². The average molecular weight is 218 g/mol. The fourth-order valence-corrected chi connectivity index (χ4v) is 1.20. The zero-order chi connectivity index (χ0) is 11.5. The van der Waals surface area contributed by atoms with E-state index < -0.39 is 5.91 Å². The van der Waals surface area contributed by atoms with Gasteiger partial charge in [0, 0.05) is 11.9 Å². The number of hydrogen-bond donors (Lipinski definition) is 3. The lowest BCUT2D eigenvalue weighted by molar-refractivity contribution is 0.102. The molecule has 2 rings (SSSR count). The van der Waals surface area contributed by atoms with E-state index in [0.29, 0.717) is 0 Å². The Hall–Kier alpha value is -2.37. The van der Waals surface area contributed by atoms with E-state index in [1.807, 2.05) is 0 Å². The number of nitrogens with zero attached hydrogens (tertiary/aromatic N) is 2. The Morgan fingerprint density at radius 2 is 2.38 bits per heavy atom. The zero-order valence-electron chi connectivity index (χ0n) is 8.56. The maximum atomic E-state index is 11.6. The molecule has 2 heterocycles. The Bertz CT molecular complexity index is 521. The number of hydrogen-bond acceptors (Lipinski definition) is 4. The van der Waals surface area contributed by atoms with Crippen LogP contribution in [0.25, 0.3) is 0 Å². The summed E-state index contributed by atoms with van der Waals surface area (Å²) in [5.74, 6) is -0.380. The normalized spacial score (nSPS) is 10.1. The van der Waals surface area contributed by atoms with Gasteiger partial charge in [-0.3, -0.25) is 9.89 Å². The molecule has 0 unspecified atom stereocenters. The maximum absolute atomic E-state index is 11.6. The van der Waals surface area contributed by atoms with Crippen molar-refractivity contribution < 1.29 is 9.90 Å². The van der Waals surface area contributed by atoms with Crippen molar-refractivity contribution >= 4 is 11.7 Å². The number of aryl methyl sites for hydroxylation is 1. The van der Waals surface area contributed by atoms with Crippen molar-refractivity contribution in [3.05, 3.63) is 35.8 Å². The number of H-pyrrole nitrogens is 1. The Kier molecular flexibility index (Phi) is 2.55. The molecule has 82 valence electrons. The van der Waals surface area contributed by atoms with E-state index in [1.165, 1.54) is 12.3 Å². The predicted octanol–water partition coefficient (Wildman–Crippen LogP) is 1.07. The SMILES string of the molecule is Cc1cc(C(=O)Nc2ncccc2O)n[nH]1. The second kappa shape index (κ2) is 4.01. The van der Waals surface area contributed by atoms with Gasteiger partial charge in [-0.2, -0.15) is 5.10 Å². The van der Waals surface area contributed by atoms with Gasteiger partial charge in [0.1, 0.15) is 0 Å². The molecule has 1 amide bonds. The first kappa shape index (κ1) is 10.2. The Morgan fingerprint density at radius 1 is 1.56 bits per heavy atom. The van der Waals surface area contributed by atoms with Crippen molar-refractivity contribution in [1.82, 2.24) is 15.2 Å². The highest BCUT2D eigenvalue weighted by Gasteiger charge is 2.11. The lowest BCUT2D eigenvalue weighted by atomic mass is 10.3. The van der Waals surface area contributed by atoms with Crippen LogP contribution in [0.2, 0.25) is 0 Å². The van der Waals surface area contributed by atoms with Crippen LogP contribution in [-0.4, -0.2) is 26.2 Å².